The van der Waals surface area contributed by atoms with Crippen LogP contribution in [0, 0.1) is 11.8 Å². The van der Waals surface area contributed by atoms with Crippen molar-refractivity contribution in [2.24, 2.45) is 11.8 Å². The number of hydrogen-bond acceptors (Lipinski definition) is 1. The molecule has 1 heterocycles. The van der Waals surface area contributed by atoms with E-state index < -0.39 is 0 Å². The maximum atomic E-state index is 2.53. The lowest BCUT2D eigenvalue weighted by atomic mass is 9.98. The Balaban J connectivity index is 2.13. The fourth-order valence-corrected chi connectivity index (χ4v) is 2.66. The molecule has 2 fully saturated rings. The van der Waals surface area contributed by atoms with Gasteiger partial charge in [-0.25, -0.2) is 0 Å². The third-order valence-corrected chi connectivity index (χ3v) is 3.05. The smallest absolute Gasteiger partial charge is 0.185 e. The number of nitrogens with zero attached hydrogens (tertiary/aromatic N) is 1. The molecule has 0 amide bonds. The van der Waals surface area contributed by atoms with Crippen LogP contribution in [0.25, 0.3) is 0 Å². The third kappa shape index (κ3) is 0.726. The Morgan fingerprint density at radius 3 is 2.56 bits per heavy atom. The van der Waals surface area contributed by atoms with Crippen LogP contribution >= 0.6 is 0 Å². The fraction of sp³-hybridized carbons (Fsp3) is 1.00. The average molecular weight is 123 g/mol. The van der Waals surface area contributed by atoms with Crippen LogP contribution in [0.3, 0.4) is 0 Å². The Kier molecular flexibility index (Phi) is 1.13. The van der Waals surface area contributed by atoms with Crippen molar-refractivity contribution in [2.45, 2.75) is 25.8 Å². The Bertz CT molecular complexity index is 114. The van der Waals surface area contributed by atoms with Crippen LogP contribution in [0.5, 0.6) is 0 Å². The summed E-state index contributed by atoms with van der Waals surface area (Å²) >= 11 is 0. The molecule has 0 aromatic rings. The van der Waals surface area contributed by atoms with E-state index in [0.29, 0.717) is 0 Å². The molecule has 1 saturated carbocycles. The van der Waals surface area contributed by atoms with E-state index in [4.69, 9.17) is 0 Å². The number of fused-ring (bicyclic) bond motifs is 2. The minimum Gasteiger partial charge on any atom is -0.346 e. The number of rotatable bonds is 0. The lowest BCUT2D eigenvalue weighted by Gasteiger charge is -2.27. The second-order valence-electron chi connectivity index (χ2n) is 3.82. The van der Waals surface area contributed by atoms with Gasteiger partial charge in [0, 0.05) is 6.04 Å². The molecule has 0 aromatic heterocycles. The van der Waals surface area contributed by atoms with Crippen molar-refractivity contribution in [1.29, 1.82) is 0 Å². The normalized spacial score (nSPS) is 50.6. The minimum atomic E-state index is 0.940. The van der Waals surface area contributed by atoms with Crippen LogP contribution in [0.2, 0.25) is 0 Å². The van der Waals surface area contributed by atoms with Crippen LogP contribution in [0.4, 0.5) is 0 Å². The summed E-state index contributed by atoms with van der Waals surface area (Å²) < 4.78 is 0. The van der Waals surface area contributed by atoms with E-state index in [0.717, 1.165) is 17.9 Å². The summed E-state index contributed by atoms with van der Waals surface area (Å²) in [6, 6.07) is 0.940. The highest BCUT2D eigenvalue weighted by molar-refractivity contribution is 6.04. The van der Waals surface area contributed by atoms with E-state index in [9.17, 15) is 0 Å². The highest BCUT2D eigenvalue weighted by Crippen LogP contribution is 2.39. The molecule has 2 bridgehead atoms. The van der Waals surface area contributed by atoms with Crippen molar-refractivity contribution in [3.63, 3.8) is 0 Å². The van der Waals surface area contributed by atoms with Crippen molar-refractivity contribution >= 4 is 7.98 Å². The topological polar surface area (TPSA) is 3.24 Å². The van der Waals surface area contributed by atoms with E-state index in [1.807, 2.05) is 0 Å². The minimum absolute atomic E-state index is 0.940. The summed E-state index contributed by atoms with van der Waals surface area (Å²) in [4.78, 5) is 2.53. The van der Waals surface area contributed by atoms with Crippen molar-refractivity contribution in [1.82, 2.24) is 4.81 Å². The third-order valence-electron chi connectivity index (χ3n) is 3.05. The van der Waals surface area contributed by atoms with Crippen LogP contribution in [-0.4, -0.2) is 25.4 Å². The lowest BCUT2D eigenvalue weighted by molar-refractivity contribution is 0.276. The van der Waals surface area contributed by atoms with Gasteiger partial charge in [-0.05, 0) is 31.2 Å². The molecule has 0 radical (unpaired) electrons. The number of hydrogen-bond donors (Lipinski definition) is 0. The van der Waals surface area contributed by atoms with Gasteiger partial charge in [-0.1, -0.05) is 6.92 Å². The average Bonchev–Trinajstić information content (AvgIpc) is 2.22. The van der Waals surface area contributed by atoms with E-state index in [2.05, 4.69) is 19.7 Å². The van der Waals surface area contributed by atoms with Crippen molar-refractivity contribution in [3.8, 4) is 0 Å². The molecule has 2 aliphatic rings. The zero-order chi connectivity index (χ0) is 6.43. The van der Waals surface area contributed by atoms with Crippen LogP contribution in [0.1, 0.15) is 19.8 Å². The molecule has 2 heteroatoms. The zero-order valence-corrected chi connectivity index (χ0v) is 6.30. The maximum absolute atomic E-state index is 2.53. The molecule has 3 unspecified atom stereocenters. The monoisotopic (exact) mass is 123 g/mol. The molecule has 0 aromatic carbocycles. The molecule has 1 aliphatic heterocycles. The number of piperidine rings is 1. The fourth-order valence-electron chi connectivity index (χ4n) is 2.66. The Labute approximate surface area is 57.9 Å². The Morgan fingerprint density at radius 1 is 1.44 bits per heavy atom. The molecule has 2 rings (SSSR count). The summed E-state index contributed by atoms with van der Waals surface area (Å²) in [6.07, 6.45) is 2.98. The van der Waals surface area contributed by atoms with Gasteiger partial charge < -0.3 is 4.81 Å². The van der Waals surface area contributed by atoms with E-state index in [-0.39, 0.29) is 0 Å². The largest absolute Gasteiger partial charge is 0.346 e. The van der Waals surface area contributed by atoms with E-state index >= 15 is 0 Å². The zero-order valence-electron chi connectivity index (χ0n) is 6.30. The first-order valence-electron chi connectivity index (χ1n) is 3.97. The molecule has 1 nitrogen and oxygen atoms in total. The summed E-state index contributed by atoms with van der Waals surface area (Å²) in [5.74, 6) is 2.03. The van der Waals surface area contributed by atoms with Crippen LogP contribution in [0.15, 0.2) is 0 Å². The van der Waals surface area contributed by atoms with Crippen LogP contribution in [-0.2, 0) is 0 Å². The molecule has 1 aliphatic carbocycles. The lowest BCUT2D eigenvalue weighted by Crippen LogP contribution is -2.34. The quantitative estimate of drug-likeness (QED) is 0.418. The second kappa shape index (κ2) is 1.75. The van der Waals surface area contributed by atoms with E-state index in [1.54, 1.807) is 0 Å². The van der Waals surface area contributed by atoms with Gasteiger partial charge in [0.1, 0.15) is 0 Å². The summed E-state index contributed by atoms with van der Waals surface area (Å²) in [7, 11) is 2.26. The first-order chi connectivity index (χ1) is 4.27. The first kappa shape index (κ1) is 5.78. The van der Waals surface area contributed by atoms with Gasteiger partial charge >= 0.3 is 0 Å². The Hall–Kier alpha value is 0.0249. The van der Waals surface area contributed by atoms with Gasteiger partial charge in [0.25, 0.3) is 0 Å². The molecule has 0 N–H and O–H groups in total. The van der Waals surface area contributed by atoms with Gasteiger partial charge in [-0.3, -0.25) is 0 Å². The predicted molar refractivity (Wildman–Crippen MR) is 40.9 cm³/mol. The molecule has 9 heavy (non-hydrogen) atoms. The molecule has 1 saturated heterocycles. The van der Waals surface area contributed by atoms with Gasteiger partial charge in [-0.15, -0.1) is 0 Å². The van der Waals surface area contributed by atoms with Crippen molar-refractivity contribution in [3.05, 3.63) is 0 Å². The first-order valence-corrected chi connectivity index (χ1v) is 3.97. The van der Waals surface area contributed by atoms with Crippen molar-refractivity contribution in [2.75, 3.05) is 6.54 Å². The molecular weight excluding hydrogens is 109 g/mol. The van der Waals surface area contributed by atoms with Gasteiger partial charge in [0.2, 0.25) is 0 Å². The van der Waals surface area contributed by atoms with Crippen LogP contribution < -0.4 is 0 Å². The second-order valence-corrected chi connectivity index (χ2v) is 3.82. The summed E-state index contributed by atoms with van der Waals surface area (Å²) in [5, 5.41) is 0. The molecule has 0 spiro atoms. The summed E-state index contributed by atoms with van der Waals surface area (Å²) in [6.45, 7) is 3.76. The van der Waals surface area contributed by atoms with E-state index in [1.165, 1.54) is 19.4 Å². The highest BCUT2D eigenvalue weighted by Gasteiger charge is 2.39. The van der Waals surface area contributed by atoms with Gasteiger partial charge in [0.15, 0.2) is 7.98 Å². The molecule has 50 valence electrons. The van der Waals surface area contributed by atoms with Crippen molar-refractivity contribution < 1.29 is 0 Å². The Morgan fingerprint density at radius 2 is 2.22 bits per heavy atom. The molecular formula is C7H14BN. The van der Waals surface area contributed by atoms with Gasteiger partial charge in [-0.2, -0.15) is 0 Å². The molecule has 3 atom stereocenters. The maximum Gasteiger partial charge on any atom is 0.185 e. The van der Waals surface area contributed by atoms with Gasteiger partial charge in [0.05, 0.1) is 0 Å². The highest BCUT2D eigenvalue weighted by atomic mass is 15.1. The SMILES string of the molecule is BN1CC2CC(C)C1C2. The predicted octanol–water partition coefficient (Wildman–Crippen LogP) is 0.265. The standard InChI is InChI=1S/C7H14BN/c1-5-2-6-3-7(5)9(8)4-6/h5-7H,2-4,8H2,1H3. The summed E-state index contributed by atoms with van der Waals surface area (Å²) in [5.41, 5.74) is 0.